The molecule has 0 atom stereocenters. The Labute approximate surface area is 81.9 Å². The molecule has 1 heterocycles. The maximum absolute atomic E-state index is 10.5. The van der Waals surface area contributed by atoms with Crippen molar-refractivity contribution in [2.24, 2.45) is 5.14 Å². The number of rotatable bonds is 4. The molecule has 1 aromatic rings. The van der Waals surface area contributed by atoms with Crippen molar-refractivity contribution in [2.75, 3.05) is 7.11 Å². The molecule has 0 aliphatic heterocycles. The molecule has 0 aliphatic rings. The smallest absolute Gasteiger partial charge is 0.333 e. The molecule has 78 valence electrons. The van der Waals surface area contributed by atoms with Crippen molar-refractivity contribution in [3.05, 3.63) is 24.0 Å². The second-order valence-electron chi connectivity index (χ2n) is 2.44. The van der Waals surface area contributed by atoms with Crippen LogP contribution < -0.4 is 9.88 Å². The van der Waals surface area contributed by atoms with Crippen molar-refractivity contribution < 1.29 is 17.3 Å². The van der Waals surface area contributed by atoms with Gasteiger partial charge in [-0.15, -0.1) is 0 Å². The third-order valence-electron chi connectivity index (χ3n) is 1.39. The maximum atomic E-state index is 10.5. The van der Waals surface area contributed by atoms with E-state index in [0.29, 0.717) is 11.4 Å². The minimum Gasteiger partial charge on any atom is -0.497 e. The Morgan fingerprint density at radius 3 is 2.86 bits per heavy atom. The van der Waals surface area contributed by atoms with Crippen LogP contribution in [0.4, 0.5) is 0 Å². The van der Waals surface area contributed by atoms with Gasteiger partial charge in [0.05, 0.1) is 12.8 Å². The number of ether oxygens (including phenoxy) is 1. The number of hydrogen-bond acceptors (Lipinski definition) is 5. The van der Waals surface area contributed by atoms with E-state index in [1.807, 2.05) is 0 Å². The van der Waals surface area contributed by atoms with Crippen LogP contribution in [0.3, 0.4) is 0 Å². The summed E-state index contributed by atoms with van der Waals surface area (Å²) in [5.41, 5.74) is 0.429. The molecule has 0 saturated carbocycles. The molecule has 0 spiro atoms. The second kappa shape index (κ2) is 4.36. The predicted octanol–water partition coefficient (Wildman–Crippen LogP) is -0.190. The average molecular weight is 218 g/mol. The second-order valence-corrected chi connectivity index (χ2v) is 3.66. The third kappa shape index (κ3) is 3.69. The number of methoxy groups -OCH3 is 1. The van der Waals surface area contributed by atoms with Crippen LogP contribution in [0.1, 0.15) is 5.69 Å². The number of aromatic nitrogens is 1. The molecule has 0 unspecified atom stereocenters. The monoisotopic (exact) mass is 218 g/mol. The SMILES string of the molecule is COc1ccnc(COS(N)(=O)=O)c1. The lowest BCUT2D eigenvalue weighted by molar-refractivity contribution is 0.303. The molecule has 6 nitrogen and oxygen atoms in total. The van der Waals surface area contributed by atoms with E-state index in [9.17, 15) is 8.42 Å². The molecule has 7 heteroatoms. The van der Waals surface area contributed by atoms with E-state index in [4.69, 9.17) is 4.74 Å². The lowest BCUT2D eigenvalue weighted by Crippen LogP contribution is -2.15. The number of nitrogens with two attached hydrogens (primary N) is 1. The Balaban J connectivity index is 2.68. The summed E-state index contributed by atoms with van der Waals surface area (Å²) in [5, 5.41) is 4.64. The van der Waals surface area contributed by atoms with Crippen molar-refractivity contribution in [2.45, 2.75) is 6.61 Å². The van der Waals surface area contributed by atoms with Gasteiger partial charge in [-0.25, -0.2) is 5.14 Å². The molecule has 0 saturated heterocycles. The van der Waals surface area contributed by atoms with Crippen molar-refractivity contribution in [3.8, 4) is 5.75 Å². The van der Waals surface area contributed by atoms with Gasteiger partial charge in [-0.1, -0.05) is 0 Å². The Kier molecular flexibility index (Phi) is 3.39. The highest BCUT2D eigenvalue weighted by Gasteiger charge is 2.04. The first-order valence-electron chi connectivity index (χ1n) is 3.67. The minimum atomic E-state index is -3.92. The molecule has 0 fully saturated rings. The van der Waals surface area contributed by atoms with Crippen LogP contribution in [0.15, 0.2) is 18.3 Å². The standard InChI is InChI=1S/C7H10N2O4S/c1-12-7-2-3-9-6(4-7)5-13-14(8,10)11/h2-4H,5H2,1H3,(H2,8,10,11). The Hall–Kier alpha value is -1.18. The van der Waals surface area contributed by atoms with E-state index in [1.165, 1.54) is 13.3 Å². The van der Waals surface area contributed by atoms with Crippen LogP contribution >= 0.6 is 0 Å². The average Bonchev–Trinajstić information content (AvgIpc) is 2.14. The van der Waals surface area contributed by atoms with Crippen LogP contribution in [0.2, 0.25) is 0 Å². The first-order chi connectivity index (χ1) is 6.51. The van der Waals surface area contributed by atoms with Gasteiger partial charge in [0, 0.05) is 12.3 Å². The Morgan fingerprint density at radius 2 is 2.29 bits per heavy atom. The fraction of sp³-hybridized carbons (Fsp3) is 0.286. The summed E-state index contributed by atoms with van der Waals surface area (Å²) in [4.78, 5) is 3.87. The molecule has 0 aromatic carbocycles. The molecular weight excluding hydrogens is 208 g/mol. The number of pyridine rings is 1. The van der Waals surface area contributed by atoms with Gasteiger partial charge in [-0.2, -0.15) is 8.42 Å². The highest BCUT2D eigenvalue weighted by molar-refractivity contribution is 7.84. The van der Waals surface area contributed by atoms with Crippen LogP contribution in [0.25, 0.3) is 0 Å². The van der Waals surface area contributed by atoms with Gasteiger partial charge in [-0.05, 0) is 6.07 Å². The fourth-order valence-electron chi connectivity index (χ4n) is 0.804. The van der Waals surface area contributed by atoms with E-state index in [1.54, 1.807) is 12.1 Å². The number of hydrogen-bond donors (Lipinski definition) is 1. The molecule has 2 N–H and O–H groups in total. The minimum absolute atomic E-state index is 0.198. The summed E-state index contributed by atoms with van der Waals surface area (Å²) in [6, 6.07) is 3.20. The summed E-state index contributed by atoms with van der Waals surface area (Å²) in [5.74, 6) is 0.577. The largest absolute Gasteiger partial charge is 0.497 e. The van der Waals surface area contributed by atoms with E-state index in [-0.39, 0.29) is 6.61 Å². The Morgan fingerprint density at radius 1 is 1.57 bits per heavy atom. The zero-order valence-electron chi connectivity index (χ0n) is 7.50. The highest BCUT2D eigenvalue weighted by Crippen LogP contribution is 2.10. The van der Waals surface area contributed by atoms with Crippen LogP contribution in [0, 0.1) is 0 Å². The first-order valence-corrected chi connectivity index (χ1v) is 5.14. The van der Waals surface area contributed by atoms with Gasteiger partial charge in [0.15, 0.2) is 0 Å². The normalized spacial score (nSPS) is 11.3. The van der Waals surface area contributed by atoms with E-state index in [0.717, 1.165) is 0 Å². The fourth-order valence-corrected chi connectivity index (χ4v) is 1.09. The van der Waals surface area contributed by atoms with Gasteiger partial charge in [-0.3, -0.25) is 9.17 Å². The molecule has 0 amide bonds. The summed E-state index contributed by atoms with van der Waals surface area (Å²) < 4.78 is 30.2. The summed E-state index contributed by atoms with van der Waals surface area (Å²) in [7, 11) is -2.42. The first kappa shape index (κ1) is 10.9. The molecule has 1 aromatic heterocycles. The number of nitrogens with zero attached hydrogens (tertiary/aromatic N) is 1. The lowest BCUT2D eigenvalue weighted by Gasteiger charge is -2.02. The van der Waals surface area contributed by atoms with Gasteiger partial charge in [0.1, 0.15) is 12.4 Å². The van der Waals surface area contributed by atoms with Gasteiger partial charge in [0.2, 0.25) is 0 Å². The van der Waals surface area contributed by atoms with E-state index < -0.39 is 10.3 Å². The molecule has 0 bridgehead atoms. The topological polar surface area (TPSA) is 91.5 Å². The maximum Gasteiger partial charge on any atom is 0.333 e. The molecule has 0 radical (unpaired) electrons. The van der Waals surface area contributed by atoms with E-state index >= 15 is 0 Å². The summed E-state index contributed by atoms with van der Waals surface area (Å²) in [6.07, 6.45) is 1.49. The van der Waals surface area contributed by atoms with Crippen molar-refractivity contribution >= 4 is 10.3 Å². The molecular formula is C7H10N2O4S. The van der Waals surface area contributed by atoms with Crippen molar-refractivity contribution in [1.82, 2.24) is 4.98 Å². The van der Waals surface area contributed by atoms with Gasteiger partial charge < -0.3 is 4.74 Å². The van der Waals surface area contributed by atoms with Crippen molar-refractivity contribution in [3.63, 3.8) is 0 Å². The highest BCUT2D eigenvalue weighted by atomic mass is 32.2. The van der Waals surface area contributed by atoms with Crippen molar-refractivity contribution in [1.29, 1.82) is 0 Å². The Bertz CT molecular complexity index is 404. The quantitative estimate of drug-likeness (QED) is 0.756. The summed E-state index contributed by atoms with van der Waals surface area (Å²) in [6.45, 7) is -0.198. The lowest BCUT2D eigenvalue weighted by atomic mass is 10.3. The third-order valence-corrected chi connectivity index (χ3v) is 1.84. The van der Waals surface area contributed by atoms with Crippen LogP contribution in [0.5, 0.6) is 5.75 Å². The molecule has 14 heavy (non-hydrogen) atoms. The van der Waals surface area contributed by atoms with Gasteiger partial charge >= 0.3 is 10.3 Å². The molecule has 1 rings (SSSR count). The zero-order chi connectivity index (χ0) is 10.6. The predicted molar refractivity (Wildman–Crippen MR) is 48.7 cm³/mol. The van der Waals surface area contributed by atoms with Crippen LogP contribution in [-0.2, 0) is 21.1 Å². The van der Waals surface area contributed by atoms with E-state index in [2.05, 4.69) is 14.3 Å². The van der Waals surface area contributed by atoms with Crippen LogP contribution in [-0.4, -0.2) is 20.5 Å². The molecule has 0 aliphatic carbocycles. The summed E-state index contributed by atoms with van der Waals surface area (Å²) >= 11 is 0. The van der Waals surface area contributed by atoms with Gasteiger partial charge in [0.25, 0.3) is 0 Å². The zero-order valence-corrected chi connectivity index (χ0v) is 8.32.